The number of aryl methyl sites for hydroxylation is 1. The van der Waals surface area contributed by atoms with E-state index < -0.39 is 0 Å². The molecule has 0 radical (unpaired) electrons. The maximum Gasteiger partial charge on any atom is 0.144 e. The van der Waals surface area contributed by atoms with Crippen molar-refractivity contribution in [3.05, 3.63) is 39.8 Å². The average Bonchev–Trinajstić information content (AvgIpc) is 2.68. The highest BCUT2D eigenvalue weighted by Crippen LogP contribution is 2.33. The van der Waals surface area contributed by atoms with Gasteiger partial charge in [0.1, 0.15) is 5.75 Å². The van der Waals surface area contributed by atoms with Crippen LogP contribution in [0.1, 0.15) is 5.69 Å². The fourth-order valence-electron chi connectivity index (χ4n) is 1.44. The molecule has 0 atom stereocenters. The molecule has 0 bridgehead atoms. The van der Waals surface area contributed by atoms with Crippen molar-refractivity contribution < 1.29 is 4.74 Å². The highest BCUT2D eigenvalue weighted by Gasteiger charge is 2.09. The summed E-state index contributed by atoms with van der Waals surface area (Å²) in [6.45, 7) is 1.93. The number of rotatable bonds is 2. The zero-order valence-corrected chi connectivity index (χ0v) is 11.2. The molecule has 0 unspecified atom stereocenters. The Morgan fingerprint density at radius 2 is 2.19 bits per heavy atom. The quantitative estimate of drug-likeness (QED) is 0.847. The smallest absolute Gasteiger partial charge is 0.144 e. The minimum Gasteiger partial charge on any atom is -0.495 e. The number of methoxy groups -OCH3 is 1. The molecule has 0 saturated heterocycles. The van der Waals surface area contributed by atoms with E-state index in [1.807, 2.05) is 29.8 Å². The van der Waals surface area contributed by atoms with E-state index in [0.717, 1.165) is 21.6 Å². The number of nitrogens with zero attached hydrogens (tertiary/aromatic N) is 2. The second-order valence-electron chi connectivity index (χ2n) is 3.36. The van der Waals surface area contributed by atoms with Crippen LogP contribution in [0.3, 0.4) is 0 Å². The summed E-state index contributed by atoms with van der Waals surface area (Å²) in [6.07, 6.45) is 3.65. The van der Waals surface area contributed by atoms with Crippen LogP contribution in [0.25, 0.3) is 5.69 Å². The fourth-order valence-corrected chi connectivity index (χ4v) is 1.92. The Kier molecular flexibility index (Phi) is 3.21. The number of halogens is 2. The molecule has 0 fully saturated rings. The minimum atomic E-state index is 0.641. The van der Waals surface area contributed by atoms with Gasteiger partial charge >= 0.3 is 0 Å². The molecule has 0 aliphatic heterocycles. The molecule has 0 aliphatic carbocycles. The molecule has 0 N–H and O–H groups in total. The molecule has 16 heavy (non-hydrogen) atoms. The Balaban J connectivity index is 2.59. The highest BCUT2D eigenvalue weighted by molar-refractivity contribution is 9.10. The second-order valence-corrected chi connectivity index (χ2v) is 4.62. The van der Waals surface area contributed by atoms with Gasteiger partial charge in [0.05, 0.1) is 29.8 Å². The van der Waals surface area contributed by atoms with E-state index in [0.29, 0.717) is 5.02 Å². The predicted molar refractivity (Wildman–Crippen MR) is 67.6 cm³/mol. The van der Waals surface area contributed by atoms with Gasteiger partial charge < -0.3 is 9.30 Å². The van der Waals surface area contributed by atoms with Gasteiger partial charge in [0.25, 0.3) is 0 Å². The van der Waals surface area contributed by atoms with Gasteiger partial charge in [-0.1, -0.05) is 11.6 Å². The number of aromatic nitrogens is 2. The Morgan fingerprint density at radius 3 is 2.75 bits per heavy atom. The summed E-state index contributed by atoms with van der Waals surface area (Å²) < 4.78 is 8.00. The molecule has 1 heterocycles. The van der Waals surface area contributed by atoms with Crippen molar-refractivity contribution in [1.29, 1.82) is 0 Å². The van der Waals surface area contributed by atoms with Crippen LogP contribution in [0, 0.1) is 6.92 Å². The number of benzene rings is 1. The van der Waals surface area contributed by atoms with Crippen LogP contribution in [0.5, 0.6) is 5.75 Å². The third-order valence-electron chi connectivity index (χ3n) is 2.21. The van der Waals surface area contributed by atoms with Crippen LogP contribution in [-0.2, 0) is 0 Å². The van der Waals surface area contributed by atoms with Crippen LogP contribution < -0.4 is 4.74 Å². The molecule has 84 valence electrons. The first-order valence-electron chi connectivity index (χ1n) is 4.66. The SMILES string of the molecule is COc1cc(Br)c(Cl)cc1-n1cnc(C)c1. The summed E-state index contributed by atoms with van der Waals surface area (Å²) in [7, 11) is 1.63. The third-order valence-corrected chi connectivity index (χ3v) is 3.41. The van der Waals surface area contributed by atoms with Crippen LogP contribution in [0.2, 0.25) is 5.02 Å². The molecule has 5 heteroatoms. The first-order chi connectivity index (χ1) is 7.61. The van der Waals surface area contributed by atoms with Crippen molar-refractivity contribution in [2.24, 2.45) is 0 Å². The molecule has 1 aromatic carbocycles. The molecule has 2 aromatic rings. The van der Waals surface area contributed by atoms with Crippen molar-refractivity contribution in [2.45, 2.75) is 6.92 Å². The van der Waals surface area contributed by atoms with Gasteiger partial charge in [-0.2, -0.15) is 0 Å². The molecule has 3 nitrogen and oxygen atoms in total. The fraction of sp³-hybridized carbons (Fsp3) is 0.182. The normalized spacial score (nSPS) is 10.5. The van der Waals surface area contributed by atoms with Gasteiger partial charge in [-0.15, -0.1) is 0 Å². The topological polar surface area (TPSA) is 27.1 Å². The van der Waals surface area contributed by atoms with Gasteiger partial charge in [0, 0.05) is 10.7 Å². The zero-order chi connectivity index (χ0) is 11.7. The van der Waals surface area contributed by atoms with E-state index >= 15 is 0 Å². The van der Waals surface area contributed by atoms with E-state index in [9.17, 15) is 0 Å². The molecule has 0 saturated carbocycles. The van der Waals surface area contributed by atoms with Gasteiger partial charge in [-0.25, -0.2) is 4.98 Å². The van der Waals surface area contributed by atoms with Crippen molar-refractivity contribution >= 4 is 27.5 Å². The van der Waals surface area contributed by atoms with Crippen LogP contribution in [0.15, 0.2) is 29.1 Å². The highest BCUT2D eigenvalue weighted by atomic mass is 79.9. The van der Waals surface area contributed by atoms with Gasteiger partial charge in [-0.3, -0.25) is 0 Å². The molecular weight excluding hydrogens is 291 g/mol. The molecule has 0 amide bonds. The Labute approximate surface area is 107 Å². The lowest BCUT2D eigenvalue weighted by Gasteiger charge is -2.10. The number of hydrogen-bond donors (Lipinski definition) is 0. The summed E-state index contributed by atoms with van der Waals surface area (Å²) in [5, 5.41) is 0.641. The largest absolute Gasteiger partial charge is 0.495 e. The van der Waals surface area contributed by atoms with Crippen molar-refractivity contribution in [3.63, 3.8) is 0 Å². The maximum absolute atomic E-state index is 6.06. The molecule has 1 aromatic heterocycles. The predicted octanol–water partition coefficient (Wildman–Crippen LogP) is 3.61. The van der Waals surface area contributed by atoms with Crippen LogP contribution in [-0.4, -0.2) is 16.7 Å². The molecule has 2 rings (SSSR count). The molecular formula is C11H10BrClN2O. The monoisotopic (exact) mass is 300 g/mol. The Hall–Kier alpha value is -1.00. The first-order valence-corrected chi connectivity index (χ1v) is 5.83. The van der Waals surface area contributed by atoms with E-state index in [4.69, 9.17) is 16.3 Å². The lowest BCUT2D eigenvalue weighted by atomic mass is 10.3. The summed E-state index contributed by atoms with van der Waals surface area (Å²) in [5.41, 5.74) is 1.82. The number of hydrogen-bond acceptors (Lipinski definition) is 2. The Morgan fingerprint density at radius 1 is 1.44 bits per heavy atom. The number of imidazole rings is 1. The zero-order valence-electron chi connectivity index (χ0n) is 8.87. The summed E-state index contributed by atoms with van der Waals surface area (Å²) >= 11 is 9.43. The van der Waals surface area contributed by atoms with Gasteiger partial charge in [0.15, 0.2) is 0 Å². The lowest BCUT2D eigenvalue weighted by Crippen LogP contribution is -1.95. The van der Waals surface area contributed by atoms with Crippen molar-refractivity contribution in [3.8, 4) is 11.4 Å². The minimum absolute atomic E-state index is 0.641. The lowest BCUT2D eigenvalue weighted by molar-refractivity contribution is 0.412. The van der Waals surface area contributed by atoms with Gasteiger partial charge in [0.2, 0.25) is 0 Å². The van der Waals surface area contributed by atoms with Crippen molar-refractivity contribution in [1.82, 2.24) is 9.55 Å². The number of ether oxygens (including phenoxy) is 1. The maximum atomic E-state index is 6.06. The standard InChI is InChI=1S/C11H10BrClN2O/c1-7-5-15(6-14-7)10-4-9(13)8(12)3-11(10)16-2/h3-6H,1-2H3. The molecule has 0 spiro atoms. The van der Waals surface area contributed by atoms with Crippen LogP contribution >= 0.6 is 27.5 Å². The molecule has 0 aliphatic rings. The third kappa shape index (κ3) is 2.08. The Bertz CT molecular complexity index is 525. The summed E-state index contributed by atoms with van der Waals surface area (Å²) in [4.78, 5) is 4.17. The summed E-state index contributed by atoms with van der Waals surface area (Å²) in [6, 6.07) is 3.68. The van der Waals surface area contributed by atoms with E-state index in [1.54, 1.807) is 13.4 Å². The van der Waals surface area contributed by atoms with E-state index in [2.05, 4.69) is 20.9 Å². The van der Waals surface area contributed by atoms with E-state index in [-0.39, 0.29) is 0 Å². The second kappa shape index (κ2) is 4.47. The van der Waals surface area contributed by atoms with E-state index in [1.165, 1.54) is 0 Å². The average molecular weight is 302 g/mol. The van der Waals surface area contributed by atoms with Crippen LogP contribution in [0.4, 0.5) is 0 Å². The van der Waals surface area contributed by atoms with Gasteiger partial charge in [-0.05, 0) is 35.0 Å². The summed E-state index contributed by atoms with van der Waals surface area (Å²) in [5.74, 6) is 0.744. The first kappa shape index (κ1) is 11.5. The van der Waals surface area contributed by atoms with Crippen molar-refractivity contribution in [2.75, 3.05) is 7.11 Å².